The lowest BCUT2D eigenvalue weighted by Crippen LogP contribution is -2.53. The zero-order valence-electron chi connectivity index (χ0n) is 14.6. The van der Waals surface area contributed by atoms with Crippen LogP contribution in [0.2, 0.25) is 0 Å². The van der Waals surface area contributed by atoms with E-state index in [0.717, 1.165) is 20.7 Å². The molecular formula is C20H19I2N3O2. The Morgan fingerprint density at radius 3 is 1.81 bits per heavy atom. The van der Waals surface area contributed by atoms with Crippen LogP contribution in [0.25, 0.3) is 5.69 Å². The predicted octanol–water partition coefficient (Wildman–Crippen LogP) is 3.04. The molecule has 2 bridgehead atoms. The lowest BCUT2D eigenvalue weighted by Gasteiger charge is -2.48. The quantitative estimate of drug-likeness (QED) is 0.400. The van der Waals surface area contributed by atoms with E-state index in [9.17, 15) is 9.59 Å². The maximum atomic E-state index is 13.5. The highest BCUT2D eigenvalue weighted by Crippen LogP contribution is 3.03. The van der Waals surface area contributed by atoms with Gasteiger partial charge in [0.15, 0.2) is 0 Å². The van der Waals surface area contributed by atoms with E-state index < -0.39 is 0 Å². The number of halogens is 2. The second kappa shape index (κ2) is 4.76. The second-order valence-electron chi connectivity index (χ2n) is 8.98. The Bertz CT molecular complexity index is 1050. The second-order valence-corrected chi connectivity index (χ2v) is 11.1. The first kappa shape index (κ1) is 16.2. The number of para-hydroxylation sites is 1. The lowest BCUT2D eigenvalue weighted by molar-refractivity contribution is -0.00254. The molecule has 0 saturated heterocycles. The SMILES string of the molecule is O=c1n(-c2ccccc2)c(=O)n2n1[C@H]1[C@@H]3C4C5[C@]1(CCI)[C@]5(CCI)[C@@H]2[C@@H]43. The molecule has 4 fully saturated rings. The summed E-state index contributed by atoms with van der Waals surface area (Å²) in [6.07, 6.45) is 2.40. The van der Waals surface area contributed by atoms with Crippen LogP contribution in [-0.4, -0.2) is 22.8 Å². The zero-order valence-corrected chi connectivity index (χ0v) is 18.9. The van der Waals surface area contributed by atoms with E-state index >= 15 is 0 Å². The van der Waals surface area contributed by atoms with Crippen molar-refractivity contribution in [1.29, 1.82) is 0 Å². The van der Waals surface area contributed by atoms with Gasteiger partial charge in [-0.3, -0.25) is 0 Å². The lowest BCUT2D eigenvalue weighted by atomic mass is 9.69. The first-order chi connectivity index (χ1) is 13.2. The molecule has 1 aromatic heterocycles. The maximum Gasteiger partial charge on any atom is 0.352 e. The minimum absolute atomic E-state index is 0.117. The molecule has 1 aromatic carbocycles. The molecule has 3 heterocycles. The normalized spacial score (nSPS) is 45.9. The van der Waals surface area contributed by atoms with Crippen LogP contribution < -0.4 is 11.4 Å². The Kier molecular flexibility index (Phi) is 2.86. The molecule has 8 rings (SSSR count). The van der Waals surface area contributed by atoms with E-state index in [1.807, 2.05) is 39.7 Å². The Morgan fingerprint density at radius 1 is 0.815 bits per heavy atom. The van der Waals surface area contributed by atoms with Gasteiger partial charge < -0.3 is 0 Å². The summed E-state index contributed by atoms with van der Waals surface area (Å²) in [6, 6.07) is 9.95. The Morgan fingerprint density at radius 2 is 1.33 bits per heavy atom. The minimum atomic E-state index is -0.117. The highest BCUT2D eigenvalue weighted by Gasteiger charge is 3.02. The van der Waals surface area contributed by atoms with Crippen molar-refractivity contribution in [3.8, 4) is 5.69 Å². The van der Waals surface area contributed by atoms with Crippen LogP contribution in [0.15, 0.2) is 39.9 Å². The van der Waals surface area contributed by atoms with Crippen molar-refractivity contribution in [2.75, 3.05) is 8.86 Å². The molecule has 2 aromatic rings. The van der Waals surface area contributed by atoms with E-state index in [-0.39, 0.29) is 34.3 Å². The predicted molar refractivity (Wildman–Crippen MR) is 118 cm³/mol. The highest BCUT2D eigenvalue weighted by molar-refractivity contribution is 14.1. The van der Waals surface area contributed by atoms with Gasteiger partial charge in [-0.15, -0.1) is 0 Å². The third-order valence-electron chi connectivity index (χ3n) is 8.82. The Labute approximate surface area is 183 Å². The van der Waals surface area contributed by atoms with E-state index in [1.165, 1.54) is 17.4 Å². The van der Waals surface area contributed by atoms with E-state index in [1.54, 1.807) is 0 Å². The maximum absolute atomic E-state index is 13.5. The summed E-state index contributed by atoms with van der Waals surface area (Å²) in [5, 5.41) is 0. The van der Waals surface area contributed by atoms with Crippen molar-refractivity contribution in [3.63, 3.8) is 0 Å². The molecule has 4 aliphatic carbocycles. The van der Waals surface area contributed by atoms with Crippen LogP contribution in [0.1, 0.15) is 24.9 Å². The molecule has 0 N–H and O–H groups in total. The number of benzene rings is 1. The van der Waals surface area contributed by atoms with Crippen LogP contribution in [0.5, 0.6) is 0 Å². The molecule has 2 aliphatic heterocycles. The number of alkyl halides is 2. The molecule has 140 valence electrons. The van der Waals surface area contributed by atoms with Gasteiger partial charge in [0.2, 0.25) is 0 Å². The number of aromatic nitrogens is 3. The molecule has 0 amide bonds. The topological polar surface area (TPSA) is 48.9 Å². The van der Waals surface area contributed by atoms with Crippen molar-refractivity contribution in [1.82, 2.24) is 13.9 Å². The van der Waals surface area contributed by atoms with E-state index in [4.69, 9.17) is 0 Å². The van der Waals surface area contributed by atoms with Gasteiger partial charge in [-0.05, 0) is 48.6 Å². The van der Waals surface area contributed by atoms with Gasteiger partial charge in [-0.25, -0.2) is 23.5 Å². The zero-order chi connectivity index (χ0) is 18.3. The average Bonchev–Trinajstić information content (AvgIpc) is 3.40. The van der Waals surface area contributed by atoms with Crippen LogP contribution in [0.4, 0.5) is 0 Å². The van der Waals surface area contributed by atoms with Crippen molar-refractivity contribution in [2.45, 2.75) is 24.9 Å². The molecule has 8 atom stereocenters. The van der Waals surface area contributed by atoms with Crippen LogP contribution in [-0.2, 0) is 0 Å². The van der Waals surface area contributed by atoms with E-state index in [0.29, 0.717) is 17.5 Å². The van der Waals surface area contributed by atoms with Crippen molar-refractivity contribution >= 4 is 45.2 Å². The average molecular weight is 587 g/mol. The summed E-state index contributed by atoms with van der Waals surface area (Å²) in [5.41, 5.74) is 1.03. The number of nitrogens with zero attached hydrogens (tertiary/aromatic N) is 3. The van der Waals surface area contributed by atoms with Gasteiger partial charge >= 0.3 is 11.4 Å². The molecule has 5 nitrogen and oxygen atoms in total. The number of rotatable bonds is 5. The molecule has 6 aliphatic rings. The summed E-state index contributed by atoms with van der Waals surface area (Å²) >= 11 is 5.01. The summed E-state index contributed by atoms with van der Waals surface area (Å²) in [6.45, 7) is 0. The first-order valence-electron chi connectivity index (χ1n) is 9.80. The molecule has 0 radical (unpaired) electrons. The minimum Gasteiger partial charge on any atom is -0.245 e. The van der Waals surface area contributed by atoms with Crippen LogP contribution in [0.3, 0.4) is 0 Å². The fraction of sp³-hybridized carbons (Fsp3) is 0.600. The summed E-state index contributed by atoms with van der Waals surface area (Å²) < 4.78 is 7.55. The Hall–Kier alpha value is -0.580. The van der Waals surface area contributed by atoms with Crippen molar-refractivity contribution in [2.24, 2.45) is 34.5 Å². The monoisotopic (exact) mass is 587 g/mol. The number of hydrogen-bond acceptors (Lipinski definition) is 2. The summed E-state index contributed by atoms with van der Waals surface area (Å²) in [4.78, 5) is 26.9. The first-order valence-corrected chi connectivity index (χ1v) is 12.9. The molecule has 7 heteroatoms. The summed E-state index contributed by atoms with van der Waals surface area (Å²) in [7, 11) is 0. The van der Waals surface area contributed by atoms with Crippen molar-refractivity contribution < 1.29 is 0 Å². The van der Waals surface area contributed by atoms with Gasteiger partial charge in [0, 0.05) is 19.7 Å². The smallest absolute Gasteiger partial charge is 0.245 e. The highest BCUT2D eigenvalue weighted by atomic mass is 127. The molecule has 27 heavy (non-hydrogen) atoms. The third kappa shape index (κ3) is 1.38. The molecular weight excluding hydrogens is 568 g/mol. The molecule has 4 saturated carbocycles. The fourth-order valence-electron chi connectivity index (χ4n) is 8.57. The van der Waals surface area contributed by atoms with E-state index in [2.05, 4.69) is 45.2 Å². The third-order valence-corrected chi connectivity index (χ3v) is 9.90. The van der Waals surface area contributed by atoms with Gasteiger partial charge in [0.25, 0.3) is 0 Å². The van der Waals surface area contributed by atoms with Crippen LogP contribution in [0, 0.1) is 34.5 Å². The summed E-state index contributed by atoms with van der Waals surface area (Å²) in [5.74, 6) is 2.85. The molecule has 2 unspecified atom stereocenters. The van der Waals surface area contributed by atoms with Crippen LogP contribution >= 0.6 is 45.2 Å². The Balaban J connectivity index is 1.52. The standard InChI is InChI=1S/C20H19I2N3O2/c21-8-6-19-14-11-12-13(11)16(20(14,19)7-9-22)25-18(27)23(10-4-2-1-3-5-10)17(26)24(25)15(12)19/h1-5,11-16H,6-9H2/t11?,12-,13+,14?,15-,16-,19-,20-/m0/s1. The fourth-order valence-corrected chi connectivity index (χ4v) is 10.4. The van der Waals surface area contributed by atoms with Gasteiger partial charge in [0.05, 0.1) is 17.8 Å². The van der Waals surface area contributed by atoms with Gasteiger partial charge in [-0.2, -0.15) is 0 Å². The largest absolute Gasteiger partial charge is 0.352 e. The molecule has 0 spiro atoms. The van der Waals surface area contributed by atoms with Gasteiger partial charge in [-0.1, -0.05) is 63.4 Å². The number of hydrogen-bond donors (Lipinski definition) is 0. The van der Waals surface area contributed by atoms with Crippen molar-refractivity contribution in [3.05, 3.63) is 51.3 Å². The van der Waals surface area contributed by atoms with Gasteiger partial charge in [0.1, 0.15) is 0 Å².